The summed E-state index contributed by atoms with van der Waals surface area (Å²) >= 11 is 1.32. The molecular weight excluding hydrogens is 284 g/mol. The normalized spacial score (nSPS) is 22.5. The summed E-state index contributed by atoms with van der Waals surface area (Å²) in [5.74, 6) is 0.155. The highest BCUT2D eigenvalue weighted by atomic mass is 32.1. The summed E-state index contributed by atoms with van der Waals surface area (Å²) in [5.41, 5.74) is 0.719. The number of aromatic carboxylic acids is 1. The van der Waals surface area contributed by atoms with Crippen LogP contribution in [-0.2, 0) is 0 Å². The number of carboxylic acid groups (broad SMARTS) is 1. The third kappa shape index (κ3) is 3.57. The van der Waals surface area contributed by atoms with Crippen LogP contribution in [0.4, 0.5) is 5.13 Å². The van der Waals surface area contributed by atoms with Crippen LogP contribution in [0.2, 0.25) is 0 Å². The van der Waals surface area contributed by atoms with Crippen LogP contribution in [0, 0.1) is 5.92 Å². The molecule has 2 rings (SSSR count). The molecule has 1 aliphatic rings. The van der Waals surface area contributed by atoms with Crippen LogP contribution in [0.25, 0.3) is 0 Å². The second-order valence-corrected chi connectivity index (χ2v) is 7.34. The van der Waals surface area contributed by atoms with Gasteiger partial charge in [-0.2, -0.15) is 0 Å². The number of hydrogen-bond donors (Lipinski definition) is 1. The van der Waals surface area contributed by atoms with Crippen molar-refractivity contribution in [1.29, 1.82) is 0 Å². The average molecular weight is 310 g/mol. The minimum absolute atomic E-state index is 0.144. The van der Waals surface area contributed by atoms with Gasteiger partial charge in [-0.05, 0) is 37.5 Å². The SMILES string of the molecule is CCC1CCC(N(C)c2nc(C(C)C)c(C(=O)O)s2)CC1. The molecule has 0 bridgehead atoms. The molecule has 21 heavy (non-hydrogen) atoms. The second-order valence-electron chi connectivity index (χ2n) is 6.36. The number of carboxylic acids is 1. The molecule has 1 N–H and O–H groups in total. The molecule has 0 aliphatic heterocycles. The van der Waals surface area contributed by atoms with Crippen LogP contribution < -0.4 is 4.90 Å². The number of anilines is 1. The smallest absolute Gasteiger partial charge is 0.347 e. The molecule has 1 aliphatic carbocycles. The van der Waals surface area contributed by atoms with Gasteiger partial charge in [0.15, 0.2) is 5.13 Å². The maximum absolute atomic E-state index is 11.4. The molecule has 1 aromatic heterocycles. The van der Waals surface area contributed by atoms with Crippen molar-refractivity contribution in [2.45, 2.75) is 64.8 Å². The first kappa shape index (κ1) is 16.3. The number of aromatic nitrogens is 1. The lowest BCUT2D eigenvalue weighted by Crippen LogP contribution is -2.35. The number of nitrogens with zero attached hydrogens (tertiary/aromatic N) is 2. The van der Waals surface area contributed by atoms with E-state index in [-0.39, 0.29) is 5.92 Å². The van der Waals surface area contributed by atoms with Crippen LogP contribution >= 0.6 is 11.3 Å². The zero-order valence-electron chi connectivity index (χ0n) is 13.4. The van der Waals surface area contributed by atoms with E-state index in [1.54, 1.807) is 0 Å². The lowest BCUT2D eigenvalue weighted by molar-refractivity contribution is 0.0700. The van der Waals surface area contributed by atoms with Crippen LogP contribution in [0.15, 0.2) is 0 Å². The highest BCUT2D eigenvalue weighted by molar-refractivity contribution is 7.17. The summed E-state index contributed by atoms with van der Waals surface area (Å²) < 4.78 is 0. The van der Waals surface area contributed by atoms with Gasteiger partial charge in [0.1, 0.15) is 4.88 Å². The van der Waals surface area contributed by atoms with Gasteiger partial charge >= 0.3 is 5.97 Å². The first-order chi connectivity index (χ1) is 9.93. The fourth-order valence-electron chi connectivity index (χ4n) is 3.11. The van der Waals surface area contributed by atoms with E-state index in [0.717, 1.165) is 16.7 Å². The van der Waals surface area contributed by atoms with Crippen molar-refractivity contribution in [3.8, 4) is 0 Å². The molecule has 1 heterocycles. The zero-order chi connectivity index (χ0) is 15.6. The third-order valence-corrected chi connectivity index (χ3v) is 5.78. The van der Waals surface area contributed by atoms with E-state index in [4.69, 9.17) is 0 Å². The minimum Gasteiger partial charge on any atom is -0.477 e. The lowest BCUT2D eigenvalue weighted by Gasteiger charge is -2.34. The van der Waals surface area contributed by atoms with Crippen molar-refractivity contribution in [3.63, 3.8) is 0 Å². The predicted octanol–water partition coefficient (Wildman–Crippen LogP) is 4.37. The Balaban J connectivity index is 2.14. The fourth-order valence-corrected chi connectivity index (χ4v) is 4.21. The molecule has 1 aromatic rings. The Morgan fingerprint density at radius 2 is 2.00 bits per heavy atom. The van der Waals surface area contributed by atoms with Crippen LogP contribution in [0.3, 0.4) is 0 Å². The van der Waals surface area contributed by atoms with Crippen molar-refractivity contribution in [2.75, 3.05) is 11.9 Å². The van der Waals surface area contributed by atoms with Gasteiger partial charge in [0.25, 0.3) is 0 Å². The average Bonchev–Trinajstić information content (AvgIpc) is 2.92. The molecule has 5 heteroatoms. The number of rotatable bonds is 5. The third-order valence-electron chi connectivity index (χ3n) is 4.63. The first-order valence-electron chi connectivity index (χ1n) is 7.90. The topological polar surface area (TPSA) is 53.4 Å². The van der Waals surface area contributed by atoms with Crippen LogP contribution in [0.1, 0.15) is 74.2 Å². The summed E-state index contributed by atoms with van der Waals surface area (Å²) in [5, 5.41) is 10.2. The molecule has 1 fully saturated rings. The highest BCUT2D eigenvalue weighted by Crippen LogP contribution is 2.35. The molecule has 0 amide bonds. The maximum Gasteiger partial charge on any atom is 0.347 e. The van der Waals surface area contributed by atoms with E-state index in [1.165, 1.54) is 43.4 Å². The largest absolute Gasteiger partial charge is 0.477 e. The van der Waals surface area contributed by atoms with Gasteiger partial charge in [0.05, 0.1) is 5.69 Å². The highest BCUT2D eigenvalue weighted by Gasteiger charge is 2.27. The van der Waals surface area contributed by atoms with Gasteiger partial charge in [-0.25, -0.2) is 9.78 Å². The van der Waals surface area contributed by atoms with Crippen LogP contribution in [0.5, 0.6) is 0 Å². The summed E-state index contributed by atoms with van der Waals surface area (Å²) in [7, 11) is 2.06. The van der Waals surface area contributed by atoms with E-state index < -0.39 is 5.97 Å². The first-order valence-corrected chi connectivity index (χ1v) is 8.72. The number of hydrogen-bond acceptors (Lipinski definition) is 4. The Kier molecular flexibility index (Phi) is 5.25. The fraction of sp³-hybridized carbons (Fsp3) is 0.750. The predicted molar refractivity (Wildman–Crippen MR) is 87.6 cm³/mol. The second kappa shape index (κ2) is 6.77. The molecule has 0 radical (unpaired) electrons. The molecule has 0 unspecified atom stereocenters. The van der Waals surface area contributed by atoms with Gasteiger partial charge in [0, 0.05) is 13.1 Å². The van der Waals surface area contributed by atoms with Gasteiger partial charge in [-0.1, -0.05) is 38.5 Å². The van der Waals surface area contributed by atoms with Gasteiger partial charge < -0.3 is 10.0 Å². The summed E-state index contributed by atoms with van der Waals surface area (Å²) in [6.45, 7) is 6.26. The van der Waals surface area contributed by atoms with Crippen molar-refractivity contribution >= 4 is 22.4 Å². The van der Waals surface area contributed by atoms with E-state index in [1.807, 2.05) is 13.8 Å². The van der Waals surface area contributed by atoms with Crippen molar-refractivity contribution in [1.82, 2.24) is 4.98 Å². The van der Waals surface area contributed by atoms with Crippen molar-refractivity contribution < 1.29 is 9.90 Å². The van der Waals surface area contributed by atoms with E-state index in [0.29, 0.717) is 10.9 Å². The van der Waals surface area contributed by atoms with Crippen molar-refractivity contribution in [3.05, 3.63) is 10.6 Å². The van der Waals surface area contributed by atoms with Gasteiger partial charge in [-0.3, -0.25) is 0 Å². The number of thiazole rings is 1. The Morgan fingerprint density at radius 1 is 1.38 bits per heavy atom. The van der Waals surface area contributed by atoms with Gasteiger partial charge in [-0.15, -0.1) is 0 Å². The Labute approximate surface area is 131 Å². The molecule has 0 saturated heterocycles. The molecule has 4 nitrogen and oxygen atoms in total. The standard InChI is InChI=1S/C16H26N2O2S/c1-5-11-6-8-12(9-7-11)18(4)16-17-13(10(2)3)14(21-16)15(19)20/h10-12H,5-9H2,1-4H3,(H,19,20). The number of carbonyl (C=O) groups is 1. The summed E-state index contributed by atoms with van der Waals surface area (Å²) in [4.78, 5) is 18.6. The molecule has 1 saturated carbocycles. The quantitative estimate of drug-likeness (QED) is 0.877. The minimum atomic E-state index is -0.856. The van der Waals surface area contributed by atoms with Gasteiger partial charge in [0.2, 0.25) is 0 Å². The Morgan fingerprint density at radius 3 is 2.43 bits per heavy atom. The zero-order valence-corrected chi connectivity index (χ0v) is 14.2. The molecule has 0 aromatic carbocycles. The molecule has 118 valence electrons. The van der Waals surface area contributed by atoms with E-state index in [9.17, 15) is 9.90 Å². The lowest BCUT2D eigenvalue weighted by atomic mass is 9.84. The molecular formula is C16H26N2O2S. The van der Waals surface area contributed by atoms with E-state index >= 15 is 0 Å². The molecule has 0 atom stereocenters. The maximum atomic E-state index is 11.4. The Hall–Kier alpha value is -1.10. The van der Waals surface area contributed by atoms with E-state index in [2.05, 4.69) is 23.9 Å². The molecule has 0 spiro atoms. The van der Waals surface area contributed by atoms with Crippen LogP contribution in [-0.4, -0.2) is 29.1 Å². The summed E-state index contributed by atoms with van der Waals surface area (Å²) in [6.07, 6.45) is 6.20. The Bertz CT molecular complexity index is 490. The summed E-state index contributed by atoms with van der Waals surface area (Å²) in [6, 6.07) is 0.501. The van der Waals surface area contributed by atoms with Crippen molar-refractivity contribution in [2.24, 2.45) is 5.92 Å². The monoisotopic (exact) mass is 310 g/mol.